The number of nitrogens with one attached hydrogen (secondary N) is 1. The number of ether oxygens (including phenoxy) is 2. The third-order valence-corrected chi connectivity index (χ3v) is 4.89. The number of anilines is 1. The molecule has 3 rings (SSSR count). The van der Waals surface area contributed by atoms with Crippen LogP contribution in [0, 0.1) is 6.92 Å². The summed E-state index contributed by atoms with van der Waals surface area (Å²) in [5.41, 5.74) is 1.11. The topological polar surface area (TPSA) is 73.3 Å². The molecule has 2 aromatic rings. The number of nitrogens with zero attached hydrogens (tertiary/aromatic N) is 2. The van der Waals surface area contributed by atoms with E-state index in [1.165, 1.54) is 11.3 Å². The van der Waals surface area contributed by atoms with Gasteiger partial charge in [0.15, 0.2) is 6.61 Å². The zero-order valence-corrected chi connectivity index (χ0v) is 14.9. The van der Waals surface area contributed by atoms with Crippen molar-refractivity contribution in [3.63, 3.8) is 0 Å². The van der Waals surface area contributed by atoms with Gasteiger partial charge in [0, 0.05) is 6.61 Å². The number of aryl methyl sites for hydroxylation is 1. The molecule has 1 aromatic heterocycles. The largest absolute Gasteiger partial charge is 0.483 e. The Hall–Kier alpha value is -1.51. The SMILES string of the molecule is Cc1ccc(OCC(=O)Nc2nnc([C@@H]3CCCO3)s2)c(Br)c1. The van der Waals surface area contributed by atoms with E-state index in [0.29, 0.717) is 10.9 Å². The molecule has 0 saturated carbocycles. The Morgan fingerprint density at radius 2 is 2.39 bits per heavy atom. The molecule has 0 aliphatic carbocycles. The lowest BCUT2D eigenvalue weighted by atomic mass is 10.2. The molecular weight excluding hydrogens is 382 g/mol. The zero-order valence-electron chi connectivity index (χ0n) is 12.5. The highest BCUT2D eigenvalue weighted by Gasteiger charge is 2.22. The molecule has 1 atom stereocenters. The summed E-state index contributed by atoms with van der Waals surface area (Å²) in [5, 5.41) is 12.0. The molecule has 6 nitrogen and oxygen atoms in total. The number of halogens is 1. The molecule has 1 aromatic carbocycles. The predicted octanol–water partition coefficient (Wildman–Crippen LogP) is 3.48. The Morgan fingerprint density at radius 1 is 1.52 bits per heavy atom. The highest BCUT2D eigenvalue weighted by Crippen LogP contribution is 2.32. The average molecular weight is 398 g/mol. The number of amides is 1. The van der Waals surface area contributed by atoms with Crippen LogP contribution in [0.4, 0.5) is 5.13 Å². The number of carbonyl (C=O) groups is 1. The third-order valence-electron chi connectivity index (χ3n) is 3.34. The van der Waals surface area contributed by atoms with E-state index in [9.17, 15) is 4.79 Å². The van der Waals surface area contributed by atoms with Crippen molar-refractivity contribution < 1.29 is 14.3 Å². The van der Waals surface area contributed by atoms with Crippen molar-refractivity contribution in [2.45, 2.75) is 25.9 Å². The maximum Gasteiger partial charge on any atom is 0.264 e. The minimum Gasteiger partial charge on any atom is -0.483 e. The van der Waals surface area contributed by atoms with Crippen molar-refractivity contribution in [3.8, 4) is 5.75 Å². The van der Waals surface area contributed by atoms with Crippen LogP contribution in [0.1, 0.15) is 29.5 Å². The lowest BCUT2D eigenvalue weighted by molar-refractivity contribution is -0.118. The van der Waals surface area contributed by atoms with Crippen molar-refractivity contribution in [1.82, 2.24) is 10.2 Å². The average Bonchev–Trinajstić information content (AvgIpc) is 3.17. The van der Waals surface area contributed by atoms with E-state index < -0.39 is 0 Å². The molecule has 1 aliphatic rings. The van der Waals surface area contributed by atoms with Gasteiger partial charge in [-0.15, -0.1) is 10.2 Å². The standard InChI is InChI=1S/C15H16BrN3O3S/c1-9-4-5-11(10(16)7-9)22-8-13(20)17-15-19-18-14(23-15)12-3-2-6-21-12/h4-5,7,12H,2-3,6,8H2,1H3,(H,17,19,20)/t12-/m0/s1. The highest BCUT2D eigenvalue weighted by atomic mass is 79.9. The van der Waals surface area contributed by atoms with Crippen molar-refractivity contribution >= 4 is 38.3 Å². The van der Waals surface area contributed by atoms with Gasteiger partial charge in [-0.05, 0) is 53.4 Å². The van der Waals surface area contributed by atoms with E-state index in [4.69, 9.17) is 9.47 Å². The summed E-state index contributed by atoms with van der Waals surface area (Å²) in [5.74, 6) is 0.357. The monoisotopic (exact) mass is 397 g/mol. The molecule has 1 fully saturated rings. The van der Waals surface area contributed by atoms with E-state index in [1.807, 2.05) is 25.1 Å². The number of rotatable bonds is 5. The van der Waals surface area contributed by atoms with Gasteiger partial charge in [-0.2, -0.15) is 0 Å². The van der Waals surface area contributed by atoms with Gasteiger partial charge in [0.2, 0.25) is 5.13 Å². The highest BCUT2D eigenvalue weighted by molar-refractivity contribution is 9.10. The van der Waals surface area contributed by atoms with Crippen LogP contribution < -0.4 is 10.1 Å². The first kappa shape index (κ1) is 16.4. The summed E-state index contributed by atoms with van der Waals surface area (Å²) in [6.07, 6.45) is 2.00. The van der Waals surface area contributed by atoms with Crippen molar-refractivity contribution in [2.75, 3.05) is 18.5 Å². The maximum atomic E-state index is 12.0. The first-order valence-electron chi connectivity index (χ1n) is 7.25. The summed E-state index contributed by atoms with van der Waals surface area (Å²) >= 11 is 4.76. The quantitative estimate of drug-likeness (QED) is 0.835. The minimum absolute atomic E-state index is 0.0120. The number of hydrogen-bond acceptors (Lipinski definition) is 6. The molecule has 0 radical (unpaired) electrons. The van der Waals surface area contributed by atoms with Gasteiger partial charge < -0.3 is 9.47 Å². The Labute approximate surface area is 146 Å². The van der Waals surface area contributed by atoms with E-state index in [2.05, 4.69) is 31.4 Å². The second-order valence-electron chi connectivity index (χ2n) is 5.22. The minimum atomic E-state index is -0.271. The van der Waals surface area contributed by atoms with Crippen LogP contribution in [0.5, 0.6) is 5.75 Å². The number of carbonyl (C=O) groups excluding carboxylic acids is 1. The number of hydrogen-bond donors (Lipinski definition) is 1. The molecule has 0 spiro atoms. The molecule has 1 aliphatic heterocycles. The van der Waals surface area contributed by atoms with Crippen LogP contribution in [-0.4, -0.2) is 29.3 Å². The summed E-state index contributed by atoms with van der Waals surface area (Å²) in [4.78, 5) is 12.0. The van der Waals surface area contributed by atoms with Gasteiger partial charge in [-0.3, -0.25) is 10.1 Å². The molecule has 8 heteroatoms. The lowest BCUT2D eigenvalue weighted by Crippen LogP contribution is -2.20. The first-order chi connectivity index (χ1) is 11.1. The van der Waals surface area contributed by atoms with Gasteiger partial charge in [0.05, 0.1) is 4.47 Å². The second kappa shape index (κ2) is 7.37. The fourth-order valence-electron chi connectivity index (χ4n) is 2.21. The Morgan fingerprint density at radius 3 is 3.13 bits per heavy atom. The van der Waals surface area contributed by atoms with Crippen molar-refractivity contribution in [2.24, 2.45) is 0 Å². The van der Waals surface area contributed by atoms with Crippen LogP contribution in [0.25, 0.3) is 0 Å². The van der Waals surface area contributed by atoms with Crippen LogP contribution in [0.3, 0.4) is 0 Å². The molecule has 1 N–H and O–H groups in total. The molecule has 2 heterocycles. The Kier molecular flexibility index (Phi) is 5.24. The molecule has 23 heavy (non-hydrogen) atoms. The fraction of sp³-hybridized carbons (Fsp3) is 0.400. The number of benzene rings is 1. The van der Waals surface area contributed by atoms with Crippen LogP contribution in [0.15, 0.2) is 22.7 Å². The van der Waals surface area contributed by atoms with E-state index >= 15 is 0 Å². The van der Waals surface area contributed by atoms with Gasteiger partial charge in [-0.25, -0.2) is 0 Å². The van der Waals surface area contributed by atoms with Gasteiger partial charge >= 0.3 is 0 Å². The fourth-order valence-corrected chi connectivity index (χ4v) is 3.66. The summed E-state index contributed by atoms with van der Waals surface area (Å²) < 4.78 is 11.9. The molecule has 1 saturated heterocycles. The van der Waals surface area contributed by atoms with E-state index in [-0.39, 0.29) is 18.6 Å². The van der Waals surface area contributed by atoms with Crippen molar-refractivity contribution in [3.05, 3.63) is 33.2 Å². The van der Waals surface area contributed by atoms with E-state index in [1.54, 1.807) is 0 Å². The number of aromatic nitrogens is 2. The third kappa shape index (κ3) is 4.27. The summed E-state index contributed by atoms with van der Waals surface area (Å²) in [6, 6.07) is 5.69. The van der Waals surface area contributed by atoms with Crippen LogP contribution >= 0.6 is 27.3 Å². The normalized spacial score (nSPS) is 17.2. The van der Waals surface area contributed by atoms with Gasteiger partial charge in [-0.1, -0.05) is 17.4 Å². The van der Waals surface area contributed by atoms with Crippen LogP contribution in [0.2, 0.25) is 0 Å². The Bertz CT molecular complexity index is 701. The molecule has 122 valence electrons. The Balaban J connectivity index is 1.53. The maximum absolute atomic E-state index is 12.0. The second-order valence-corrected chi connectivity index (χ2v) is 7.08. The molecule has 1 amide bonds. The summed E-state index contributed by atoms with van der Waals surface area (Å²) in [7, 11) is 0. The van der Waals surface area contributed by atoms with E-state index in [0.717, 1.165) is 34.5 Å². The van der Waals surface area contributed by atoms with Crippen LogP contribution in [-0.2, 0) is 9.53 Å². The zero-order chi connectivity index (χ0) is 16.2. The molecule has 0 bridgehead atoms. The molecule has 0 unspecified atom stereocenters. The van der Waals surface area contributed by atoms with Crippen molar-refractivity contribution in [1.29, 1.82) is 0 Å². The molecular formula is C15H16BrN3O3S. The summed E-state index contributed by atoms with van der Waals surface area (Å²) in [6.45, 7) is 2.66. The van der Waals surface area contributed by atoms with Gasteiger partial charge in [0.25, 0.3) is 5.91 Å². The lowest BCUT2D eigenvalue weighted by Gasteiger charge is -2.08. The predicted molar refractivity (Wildman–Crippen MR) is 90.8 cm³/mol. The first-order valence-corrected chi connectivity index (χ1v) is 8.86. The van der Waals surface area contributed by atoms with Gasteiger partial charge in [0.1, 0.15) is 16.9 Å². The smallest absolute Gasteiger partial charge is 0.264 e.